The molecule has 0 heterocycles. The molecule has 2 nitrogen and oxygen atoms in total. The molecule has 0 saturated heterocycles. The topological polar surface area (TPSA) is 37.3 Å². The Morgan fingerprint density at radius 3 is 2.35 bits per heavy atom. The normalized spacial score (nSPS) is 12.1. The van der Waals surface area contributed by atoms with E-state index in [4.69, 9.17) is 0 Å². The molecule has 1 atom stereocenters. The number of aryl methyl sites for hydroxylation is 3. The van der Waals surface area contributed by atoms with Crippen LogP contribution in [0, 0.1) is 13.8 Å². The minimum absolute atomic E-state index is 0.433. The Bertz CT molecular complexity index is 588. The van der Waals surface area contributed by atoms with E-state index in [1.165, 1.54) is 16.7 Å². The van der Waals surface area contributed by atoms with Gasteiger partial charge in [0.15, 0.2) is 0 Å². The molecule has 2 rings (SSSR count). The highest BCUT2D eigenvalue weighted by atomic mass is 16.4. The van der Waals surface area contributed by atoms with Crippen LogP contribution in [0.3, 0.4) is 0 Å². The van der Waals surface area contributed by atoms with E-state index >= 15 is 0 Å². The van der Waals surface area contributed by atoms with Crippen molar-refractivity contribution in [1.29, 1.82) is 0 Å². The van der Waals surface area contributed by atoms with Crippen molar-refractivity contribution in [2.45, 2.75) is 32.6 Å². The third-order valence-electron chi connectivity index (χ3n) is 3.79. The van der Waals surface area contributed by atoms with Gasteiger partial charge in [0.05, 0.1) is 5.92 Å². The summed E-state index contributed by atoms with van der Waals surface area (Å²) in [5.41, 5.74) is 4.61. The predicted molar refractivity (Wildman–Crippen MR) is 81.1 cm³/mol. The van der Waals surface area contributed by atoms with Crippen molar-refractivity contribution in [2.24, 2.45) is 0 Å². The molecule has 2 aromatic rings. The van der Waals surface area contributed by atoms with Gasteiger partial charge >= 0.3 is 5.97 Å². The highest BCUT2D eigenvalue weighted by molar-refractivity contribution is 5.76. The number of benzene rings is 2. The second-order valence-corrected chi connectivity index (χ2v) is 5.26. The SMILES string of the molecule is Cc1ccc(CCC(C(=O)O)c2ccccc2)cc1C. The van der Waals surface area contributed by atoms with Crippen LogP contribution < -0.4 is 0 Å². The van der Waals surface area contributed by atoms with Crippen molar-refractivity contribution in [3.05, 3.63) is 70.8 Å². The average molecular weight is 268 g/mol. The van der Waals surface area contributed by atoms with Gasteiger partial charge in [0.2, 0.25) is 0 Å². The Labute approximate surface area is 120 Å². The summed E-state index contributed by atoms with van der Waals surface area (Å²) in [5.74, 6) is -1.18. The Balaban J connectivity index is 2.10. The summed E-state index contributed by atoms with van der Waals surface area (Å²) < 4.78 is 0. The molecular formula is C18H20O2. The largest absolute Gasteiger partial charge is 0.481 e. The van der Waals surface area contributed by atoms with Crippen LogP contribution in [0.5, 0.6) is 0 Å². The van der Waals surface area contributed by atoms with Crippen LogP contribution in [0.15, 0.2) is 48.5 Å². The second kappa shape index (κ2) is 6.38. The fraction of sp³-hybridized carbons (Fsp3) is 0.278. The van der Waals surface area contributed by atoms with Gasteiger partial charge in [-0.1, -0.05) is 48.5 Å². The van der Waals surface area contributed by atoms with E-state index in [1.54, 1.807) is 0 Å². The van der Waals surface area contributed by atoms with Crippen LogP contribution in [-0.4, -0.2) is 11.1 Å². The van der Waals surface area contributed by atoms with E-state index in [-0.39, 0.29) is 0 Å². The quantitative estimate of drug-likeness (QED) is 0.886. The zero-order valence-corrected chi connectivity index (χ0v) is 12.0. The number of carboxylic acids is 1. The molecule has 20 heavy (non-hydrogen) atoms. The zero-order chi connectivity index (χ0) is 14.5. The maximum absolute atomic E-state index is 11.4. The smallest absolute Gasteiger partial charge is 0.310 e. The molecule has 0 radical (unpaired) electrons. The van der Waals surface area contributed by atoms with Crippen molar-refractivity contribution < 1.29 is 9.90 Å². The van der Waals surface area contributed by atoms with Crippen molar-refractivity contribution in [3.8, 4) is 0 Å². The summed E-state index contributed by atoms with van der Waals surface area (Å²) in [6.45, 7) is 4.17. The summed E-state index contributed by atoms with van der Waals surface area (Å²) in [5, 5.41) is 9.40. The number of hydrogen-bond donors (Lipinski definition) is 1. The maximum atomic E-state index is 11.4. The van der Waals surface area contributed by atoms with Gasteiger partial charge in [-0.3, -0.25) is 4.79 Å². The monoisotopic (exact) mass is 268 g/mol. The highest BCUT2D eigenvalue weighted by Crippen LogP contribution is 2.22. The maximum Gasteiger partial charge on any atom is 0.310 e. The van der Waals surface area contributed by atoms with Crippen LogP contribution in [-0.2, 0) is 11.2 Å². The molecule has 0 amide bonds. The molecular weight excluding hydrogens is 248 g/mol. The van der Waals surface area contributed by atoms with Crippen molar-refractivity contribution in [1.82, 2.24) is 0 Å². The Morgan fingerprint density at radius 1 is 1.05 bits per heavy atom. The number of hydrogen-bond acceptors (Lipinski definition) is 1. The minimum Gasteiger partial charge on any atom is -0.481 e. The zero-order valence-electron chi connectivity index (χ0n) is 12.0. The molecule has 2 heteroatoms. The van der Waals surface area contributed by atoms with Crippen molar-refractivity contribution in [2.75, 3.05) is 0 Å². The van der Waals surface area contributed by atoms with E-state index in [9.17, 15) is 9.90 Å². The molecule has 2 aromatic carbocycles. The first kappa shape index (κ1) is 14.3. The van der Waals surface area contributed by atoms with Gasteiger partial charge in [0.1, 0.15) is 0 Å². The van der Waals surface area contributed by atoms with Gasteiger partial charge in [-0.25, -0.2) is 0 Å². The molecule has 1 unspecified atom stereocenters. The lowest BCUT2D eigenvalue weighted by Crippen LogP contribution is -2.12. The molecule has 0 spiro atoms. The lowest BCUT2D eigenvalue weighted by atomic mass is 9.92. The number of aliphatic carboxylic acids is 1. The van der Waals surface area contributed by atoms with Crippen LogP contribution in [0.4, 0.5) is 0 Å². The van der Waals surface area contributed by atoms with E-state index in [0.717, 1.165) is 12.0 Å². The molecule has 0 aliphatic carbocycles. The van der Waals surface area contributed by atoms with E-state index in [1.807, 2.05) is 30.3 Å². The van der Waals surface area contributed by atoms with Gasteiger partial charge in [-0.05, 0) is 48.9 Å². The van der Waals surface area contributed by atoms with Crippen LogP contribution in [0.1, 0.15) is 34.6 Å². The first-order chi connectivity index (χ1) is 9.58. The lowest BCUT2D eigenvalue weighted by molar-refractivity contribution is -0.138. The Kier molecular flexibility index (Phi) is 4.57. The standard InChI is InChI=1S/C18H20O2/c1-13-8-9-15(12-14(13)2)10-11-17(18(19)20)16-6-4-3-5-7-16/h3-9,12,17H,10-11H2,1-2H3,(H,19,20). The van der Waals surface area contributed by atoms with Gasteiger partial charge < -0.3 is 5.11 Å². The first-order valence-electron chi connectivity index (χ1n) is 6.92. The van der Waals surface area contributed by atoms with Gasteiger partial charge in [0, 0.05) is 0 Å². The third-order valence-corrected chi connectivity index (χ3v) is 3.79. The van der Waals surface area contributed by atoms with Crippen LogP contribution in [0.25, 0.3) is 0 Å². The van der Waals surface area contributed by atoms with E-state index < -0.39 is 11.9 Å². The molecule has 1 N–H and O–H groups in total. The molecule has 0 aliphatic rings. The minimum atomic E-state index is -0.750. The lowest BCUT2D eigenvalue weighted by Gasteiger charge is -2.13. The van der Waals surface area contributed by atoms with E-state index in [2.05, 4.69) is 32.0 Å². The van der Waals surface area contributed by atoms with Gasteiger partial charge in [-0.2, -0.15) is 0 Å². The summed E-state index contributed by atoms with van der Waals surface area (Å²) in [6.07, 6.45) is 1.41. The second-order valence-electron chi connectivity index (χ2n) is 5.26. The molecule has 0 saturated carbocycles. The number of carbonyl (C=O) groups is 1. The molecule has 0 aromatic heterocycles. The highest BCUT2D eigenvalue weighted by Gasteiger charge is 2.19. The third kappa shape index (κ3) is 3.47. The summed E-state index contributed by atoms with van der Waals surface area (Å²) >= 11 is 0. The Morgan fingerprint density at radius 2 is 1.75 bits per heavy atom. The molecule has 0 aliphatic heterocycles. The summed E-state index contributed by atoms with van der Waals surface area (Å²) in [4.78, 5) is 11.4. The fourth-order valence-electron chi connectivity index (χ4n) is 2.39. The predicted octanol–water partition coefficient (Wildman–Crippen LogP) is 4.10. The summed E-state index contributed by atoms with van der Waals surface area (Å²) in [7, 11) is 0. The van der Waals surface area contributed by atoms with E-state index in [0.29, 0.717) is 6.42 Å². The van der Waals surface area contributed by atoms with Crippen molar-refractivity contribution in [3.63, 3.8) is 0 Å². The molecule has 0 fully saturated rings. The average Bonchev–Trinajstić information content (AvgIpc) is 2.44. The number of rotatable bonds is 5. The van der Waals surface area contributed by atoms with Gasteiger partial charge in [-0.15, -0.1) is 0 Å². The first-order valence-corrected chi connectivity index (χ1v) is 6.92. The number of carboxylic acid groups (broad SMARTS) is 1. The van der Waals surface area contributed by atoms with Crippen LogP contribution in [0.2, 0.25) is 0 Å². The molecule has 104 valence electrons. The Hall–Kier alpha value is -2.09. The fourth-order valence-corrected chi connectivity index (χ4v) is 2.39. The van der Waals surface area contributed by atoms with Gasteiger partial charge in [0.25, 0.3) is 0 Å². The van der Waals surface area contributed by atoms with Crippen molar-refractivity contribution >= 4 is 5.97 Å². The van der Waals surface area contributed by atoms with Crippen LogP contribution >= 0.6 is 0 Å². The summed E-state index contributed by atoms with van der Waals surface area (Å²) in [6, 6.07) is 15.8. The molecule has 0 bridgehead atoms.